The van der Waals surface area contributed by atoms with Crippen molar-refractivity contribution in [1.29, 1.82) is 0 Å². The van der Waals surface area contributed by atoms with Crippen LogP contribution in [0.5, 0.6) is 0 Å². The van der Waals surface area contributed by atoms with Crippen LogP contribution < -0.4 is 15.5 Å². The van der Waals surface area contributed by atoms with Gasteiger partial charge in [-0.2, -0.15) is 0 Å². The molecule has 120 valence electrons. The first-order valence-corrected chi connectivity index (χ1v) is 7.34. The Hall–Kier alpha value is -2.67. The summed E-state index contributed by atoms with van der Waals surface area (Å²) in [5, 5.41) is 15.0. The average Bonchev–Trinajstić information content (AvgIpc) is 2.57. The Kier molecular flexibility index (Phi) is 3.87. The maximum atomic E-state index is 12.0. The van der Waals surface area contributed by atoms with E-state index in [1.165, 1.54) is 0 Å². The lowest BCUT2D eigenvalue weighted by Crippen LogP contribution is -2.50. The monoisotopic (exact) mass is 315 g/mol. The van der Waals surface area contributed by atoms with Crippen LogP contribution >= 0.6 is 0 Å². The molecule has 7 heteroatoms. The Morgan fingerprint density at radius 1 is 1.39 bits per heavy atom. The number of rotatable bonds is 3. The third kappa shape index (κ3) is 2.70. The molecular formula is C16H17N3O4. The SMILES string of the molecule is C=CC1CN(c2ccc3c(c2)NC(C(=O)O)C(=O)C3=O)CCN1. The highest BCUT2D eigenvalue weighted by molar-refractivity contribution is 6.51. The quantitative estimate of drug-likeness (QED) is 0.419. The number of Topliss-reactive ketones (excluding diaryl/α,β-unsaturated/α-hetero) is 2. The van der Waals surface area contributed by atoms with E-state index in [1.807, 2.05) is 6.08 Å². The standard InChI is InChI=1S/C16H17N3O4/c1-2-9-8-19(6-5-17-9)10-3-4-11-12(7-10)18-13(16(22)23)15(21)14(11)20/h2-4,7,9,13,17-18H,1,5-6,8H2,(H,22,23). The minimum atomic E-state index is -1.52. The van der Waals surface area contributed by atoms with Gasteiger partial charge < -0.3 is 20.6 Å². The van der Waals surface area contributed by atoms with Crippen LogP contribution in [0.3, 0.4) is 0 Å². The van der Waals surface area contributed by atoms with Gasteiger partial charge in [0.15, 0.2) is 6.04 Å². The van der Waals surface area contributed by atoms with Crippen molar-refractivity contribution < 1.29 is 19.5 Å². The molecule has 0 spiro atoms. The molecule has 0 bridgehead atoms. The number of piperazine rings is 1. The highest BCUT2D eigenvalue weighted by Gasteiger charge is 2.38. The number of benzene rings is 1. The molecule has 0 amide bonds. The zero-order valence-electron chi connectivity index (χ0n) is 12.4. The fourth-order valence-corrected chi connectivity index (χ4v) is 2.88. The van der Waals surface area contributed by atoms with Crippen molar-refractivity contribution in [2.75, 3.05) is 29.9 Å². The molecule has 2 aliphatic rings. The summed E-state index contributed by atoms with van der Waals surface area (Å²) in [7, 11) is 0. The Morgan fingerprint density at radius 3 is 2.87 bits per heavy atom. The molecule has 1 saturated heterocycles. The minimum absolute atomic E-state index is 0.169. The van der Waals surface area contributed by atoms with E-state index >= 15 is 0 Å². The number of fused-ring (bicyclic) bond motifs is 1. The second kappa shape index (κ2) is 5.85. The van der Waals surface area contributed by atoms with Crippen LogP contribution in [-0.2, 0) is 9.59 Å². The lowest BCUT2D eigenvalue weighted by atomic mass is 9.95. The Morgan fingerprint density at radius 2 is 2.17 bits per heavy atom. The highest BCUT2D eigenvalue weighted by atomic mass is 16.4. The van der Waals surface area contributed by atoms with E-state index in [1.54, 1.807) is 18.2 Å². The third-order valence-corrected chi connectivity index (χ3v) is 4.14. The summed E-state index contributed by atoms with van der Waals surface area (Å²) in [6, 6.07) is 3.72. The van der Waals surface area contributed by atoms with Crippen LogP contribution in [-0.4, -0.2) is 54.4 Å². The second-order valence-corrected chi connectivity index (χ2v) is 5.58. The number of carboxylic acid groups (broad SMARTS) is 1. The van der Waals surface area contributed by atoms with Gasteiger partial charge in [-0.15, -0.1) is 6.58 Å². The molecule has 7 nitrogen and oxygen atoms in total. The first-order chi connectivity index (χ1) is 11.0. The summed E-state index contributed by atoms with van der Waals surface area (Å²) in [6.07, 6.45) is 1.84. The molecule has 3 rings (SSSR count). The van der Waals surface area contributed by atoms with E-state index in [9.17, 15) is 14.4 Å². The van der Waals surface area contributed by atoms with Crippen LogP contribution in [0.2, 0.25) is 0 Å². The van der Waals surface area contributed by atoms with Crippen molar-refractivity contribution in [3.63, 3.8) is 0 Å². The van der Waals surface area contributed by atoms with Crippen LogP contribution in [0.15, 0.2) is 30.9 Å². The number of carbonyl (C=O) groups is 3. The zero-order valence-corrected chi connectivity index (χ0v) is 12.4. The summed E-state index contributed by atoms with van der Waals surface area (Å²) in [5.41, 5.74) is 1.47. The van der Waals surface area contributed by atoms with Gasteiger partial charge in [0.2, 0.25) is 11.6 Å². The molecular weight excluding hydrogens is 298 g/mol. The van der Waals surface area contributed by atoms with Gasteiger partial charge in [-0.25, -0.2) is 4.79 Å². The fraction of sp³-hybridized carbons (Fsp3) is 0.312. The Bertz CT molecular complexity index is 701. The van der Waals surface area contributed by atoms with Gasteiger partial charge in [0.25, 0.3) is 0 Å². The molecule has 1 fully saturated rings. The summed E-state index contributed by atoms with van der Waals surface area (Å²) in [6.45, 7) is 6.11. The summed E-state index contributed by atoms with van der Waals surface area (Å²) in [4.78, 5) is 37.1. The predicted octanol–water partition coefficient (Wildman–Crippen LogP) is 0.281. The van der Waals surface area contributed by atoms with E-state index in [0.29, 0.717) is 5.69 Å². The molecule has 2 unspecified atom stereocenters. The maximum absolute atomic E-state index is 12.0. The largest absolute Gasteiger partial charge is 0.479 e. The molecule has 1 aromatic rings. The molecule has 2 heterocycles. The van der Waals surface area contributed by atoms with Crippen molar-refractivity contribution in [2.24, 2.45) is 0 Å². The van der Waals surface area contributed by atoms with Gasteiger partial charge in [-0.1, -0.05) is 6.08 Å². The summed E-state index contributed by atoms with van der Waals surface area (Å²) < 4.78 is 0. The molecule has 23 heavy (non-hydrogen) atoms. The van der Waals surface area contributed by atoms with Crippen LogP contribution in [0.4, 0.5) is 11.4 Å². The molecule has 0 radical (unpaired) electrons. The van der Waals surface area contributed by atoms with E-state index in [0.717, 1.165) is 25.3 Å². The zero-order chi connectivity index (χ0) is 16.6. The van der Waals surface area contributed by atoms with E-state index in [2.05, 4.69) is 22.1 Å². The maximum Gasteiger partial charge on any atom is 0.334 e. The number of aliphatic carboxylic acids is 1. The topological polar surface area (TPSA) is 98.7 Å². The normalized spacial score (nSPS) is 23.9. The number of carboxylic acids is 1. The van der Waals surface area contributed by atoms with Crippen molar-refractivity contribution in [2.45, 2.75) is 12.1 Å². The van der Waals surface area contributed by atoms with E-state index in [-0.39, 0.29) is 11.6 Å². The third-order valence-electron chi connectivity index (χ3n) is 4.14. The number of carbonyl (C=O) groups excluding carboxylic acids is 2. The summed E-state index contributed by atoms with van der Waals surface area (Å²) >= 11 is 0. The number of hydrogen-bond donors (Lipinski definition) is 3. The molecule has 0 saturated carbocycles. The van der Waals surface area contributed by atoms with Crippen LogP contribution in [0.25, 0.3) is 0 Å². The van der Waals surface area contributed by atoms with Crippen molar-refractivity contribution in [3.8, 4) is 0 Å². The molecule has 2 aliphatic heterocycles. The van der Waals surface area contributed by atoms with Gasteiger partial charge in [-0.3, -0.25) is 9.59 Å². The lowest BCUT2D eigenvalue weighted by molar-refractivity contribution is -0.140. The van der Waals surface area contributed by atoms with Crippen molar-refractivity contribution in [1.82, 2.24) is 5.32 Å². The number of nitrogens with one attached hydrogen (secondary N) is 2. The molecule has 3 N–H and O–H groups in total. The predicted molar refractivity (Wildman–Crippen MR) is 85.0 cm³/mol. The summed E-state index contributed by atoms with van der Waals surface area (Å²) in [5.74, 6) is -3.05. The molecule has 0 aliphatic carbocycles. The second-order valence-electron chi connectivity index (χ2n) is 5.58. The van der Waals surface area contributed by atoms with E-state index in [4.69, 9.17) is 5.11 Å². The number of ketones is 2. The molecule has 0 aromatic heterocycles. The first kappa shape index (κ1) is 15.2. The number of anilines is 2. The Balaban J connectivity index is 1.91. The first-order valence-electron chi connectivity index (χ1n) is 7.34. The lowest BCUT2D eigenvalue weighted by Gasteiger charge is -2.34. The van der Waals surface area contributed by atoms with Gasteiger partial charge in [0.05, 0.1) is 0 Å². The van der Waals surface area contributed by atoms with Crippen LogP contribution in [0, 0.1) is 0 Å². The smallest absolute Gasteiger partial charge is 0.334 e. The average molecular weight is 315 g/mol. The van der Waals surface area contributed by atoms with Gasteiger partial charge >= 0.3 is 5.97 Å². The van der Waals surface area contributed by atoms with Crippen molar-refractivity contribution >= 4 is 28.9 Å². The molecule has 1 aromatic carbocycles. The minimum Gasteiger partial charge on any atom is -0.479 e. The van der Waals surface area contributed by atoms with Crippen LogP contribution in [0.1, 0.15) is 10.4 Å². The number of hydrogen-bond acceptors (Lipinski definition) is 6. The van der Waals surface area contributed by atoms with Crippen molar-refractivity contribution in [3.05, 3.63) is 36.4 Å². The Labute approximate surface area is 133 Å². The van der Waals surface area contributed by atoms with Gasteiger partial charge in [-0.05, 0) is 18.2 Å². The fourth-order valence-electron chi connectivity index (χ4n) is 2.88. The highest BCUT2D eigenvalue weighted by Crippen LogP contribution is 2.29. The molecule has 2 atom stereocenters. The van der Waals surface area contributed by atoms with Gasteiger partial charge in [0.1, 0.15) is 0 Å². The number of nitrogens with zero attached hydrogens (tertiary/aromatic N) is 1. The van der Waals surface area contributed by atoms with Gasteiger partial charge in [0, 0.05) is 42.6 Å². The van der Waals surface area contributed by atoms with E-state index < -0.39 is 23.6 Å².